The van der Waals surface area contributed by atoms with Crippen LogP contribution in [0.2, 0.25) is 10.0 Å². The van der Waals surface area contributed by atoms with Crippen molar-refractivity contribution in [3.05, 3.63) is 70.3 Å². The van der Waals surface area contributed by atoms with E-state index < -0.39 is 0 Å². The predicted octanol–water partition coefficient (Wildman–Crippen LogP) is 3.62. The number of carbonyl (C=O) groups excluding carboxylic acids is 1. The van der Waals surface area contributed by atoms with Crippen molar-refractivity contribution in [1.82, 2.24) is 24.8 Å². The summed E-state index contributed by atoms with van der Waals surface area (Å²) in [6.45, 7) is 0.450. The molecule has 0 unspecified atom stereocenters. The molecule has 4 aromatic rings. The highest BCUT2D eigenvalue weighted by Crippen LogP contribution is 2.25. The van der Waals surface area contributed by atoms with Crippen molar-refractivity contribution in [2.24, 2.45) is 0 Å². The molecule has 2 heterocycles. The number of fused-ring (bicyclic) bond motifs is 1. The lowest BCUT2D eigenvalue weighted by Gasteiger charge is -2.07. The van der Waals surface area contributed by atoms with Gasteiger partial charge >= 0.3 is 0 Å². The number of carbonyl (C=O) groups is 1. The van der Waals surface area contributed by atoms with Crippen molar-refractivity contribution in [1.29, 1.82) is 0 Å². The normalized spacial score (nSPS) is 11.0. The Morgan fingerprint density at radius 2 is 1.81 bits per heavy atom. The van der Waals surface area contributed by atoms with Gasteiger partial charge in [-0.1, -0.05) is 46.6 Å². The lowest BCUT2D eigenvalue weighted by molar-refractivity contribution is -0.116. The first kappa shape index (κ1) is 17.5. The van der Waals surface area contributed by atoms with E-state index in [1.165, 1.54) is 0 Å². The van der Waals surface area contributed by atoms with E-state index in [0.29, 0.717) is 22.4 Å². The maximum atomic E-state index is 12.3. The number of anilines is 1. The minimum Gasteiger partial charge on any atom is -0.308 e. The van der Waals surface area contributed by atoms with Crippen LogP contribution in [-0.4, -0.2) is 30.7 Å². The Balaban J connectivity index is 1.44. The molecule has 2 aromatic heterocycles. The summed E-state index contributed by atoms with van der Waals surface area (Å²) in [4.78, 5) is 12.3. The van der Waals surface area contributed by atoms with Crippen molar-refractivity contribution < 1.29 is 4.79 Å². The number of nitrogens with zero attached hydrogens (tertiary/aromatic N) is 5. The van der Waals surface area contributed by atoms with Gasteiger partial charge in [0.25, 0.3) is 0 Å². The number of rotatable bonds is 5. The van der Waals surface area contributed by atoms with Gasteiger partial charge < -0.3 is 5.32 Å². The maximum Gasteiger partial charge on any atom is 0.247 e. The smallest absolute Gasteiger partial charge is 0.247 e. The first-order valence-corrected chi connectivity index (χ1v) is 8.90. The molecular weight excluding hydrogens is 387 g/mol. The Morgan fingerprint density at radius 3 is 2.63 bits per heavy atom. The summed E-state index contributed by atoms with van der Waals surface area (Å²) < 4.78 is 3.21. The van der Waals surface area contributed by atoms with E-state index in [0.717, 1.165) is 16.6 Å². The molecule has 0 spiro atoms. The van der Waals surface area contributed by atoms with E-state index in [1.54, 1.807) is 39.8 Å². The first-order chi connectivity index (χ1) is 13.1. The van der Waals surface area contributed by atoms with Gasteiger partial charge in [0.1, 0.15) is 12.1 Å². The van der Waals surface area contributed by atoms with Crippen LogP contribution in [0.5, 0.6) is 0 Å². The Bertz CT molecular complexity index is 1100. The van der Waals surface area contributed by atoms with Crippen molar-refractivity contribution >= 4 is 46.0 Å². The summed E-state index contributed by atoms with van der Waals surface area (Å²) in [6, 6.07) is 14.5. The molecule has 9 heteroatoms. The van der Waals surface area contributed by atoms with Crippen molar-refractivity contribution in [3.63, 3.8) is 0 Å². The van der Waals surface area contributed by atoms with Crippen LogP contribution in [-0.2, 0) is 17.9 Å². The number of para-hydroxylation sites is 1. The molecule has 136 valence electrons. The lowest BCUT2D eigenvalue weighted by Crippen LogP contribution is -2.20. The molecule has 4 rings (SSSR count). The summed E-state index contributed by atoms with van der Waals surface area (Å²) >= 11 is 12.4. The van der Waals surface area contributed by atoms with Gasteiger partial charge in [0, 0.05) is 27.9 Å². The highest BCUT2D eigenvalue weighted by atomic mass is 35.5. The first-order valence-electron chi connectivity index (χ1n) is 8.14. The van der Waals surface area contributed by atoms with Crippen LogP contribution in [0.3, 0.4) is 0 Å². The predicted molar refractivity (Wildman–Crippen MR) is 104 cm³/mol. The zero-order valence-electron chi connectivity index (χ0n) is 14.0. The lowest BCUT2D eigenvalue weighted by atomic mass is 10.2. The van der Waals surface area contributed by atoms with Crippen LogP contribution < -0.4 is 5.32 Å². The molecule has 0 saturated heterocycles. The number of amides is 1. The minimum atomic E-state index is -0.244. The van der Waals surface area contributed by atoms with E-state index >= 15 is 0 Å². The molecule has 0 radical (unpaired) electrons. The van der Waals surface area contributed by atoms with Crippen molar-refractivity contribution in [2.45, 2.75) is 13.1 Å². The fraction of sp³-hybridized carbons (Fsp3) is 0.111. The summed E-state index contributed by atoms with van der Waals surface area (Å²) in [6.07, 6.45) is 1.75. The summed E-state index contributed by atoms with van der Waals surface area (Å²) in [7, 11) is 0. The van der Waals surface area contributed by atoms with Gasteiger partial charge in [0.15, 0.2) is 5.82 Å². The minimum absolute atomic E-state index is 0.0454. The van der Waals surface area contributed by atoms with Crippen LogP contribution in [0.1, 0.15) is 5.56 Å². The van der Waals surface area contributed by atoms with Crippen LogP contribution in [0.15, 0.2) is 54.7 Å². The second kappa shape index (κ2) is 7.38. The second-order valence-electron chi connectivity index (χ2n) is 5.88. The molecule has 0 atom stereocenters. The fourth-order valence-electron chi connectivity index (χ4n) is 2.71. The molecule has 0 bridgehead atoms. The third-order valence-corrected chi connectivity index (χ3v) is 4.71. The Morgan fingerprint density at radius 1 is 1.04 bits per heavy atom. The third kappa shape index (κ3) is 3.79. The van der Waals surface area contributed by atoms with Gasteiger partial charge in [-0.05, 0) is 24.3 Å². The average molecular weight is 401 g/mol. The Hall–Kier alpha value is -2.90. The molecule has 7 nitrogen and oxygen atoms in total. The van der Waals surface area contributed by atoms with Gasteiger partial charge in [0.05, 0.1) is 12.1 Å². The topological polar surface area (TPSA) is 77.6 Å². The van der Waals surface area contributed by atoms with E-state index in [9.17, 15) is 4.79 Å². The standard InChI is InChI=1S/C18H14Cl2N6O/c19-13-4-3-5-14(20)12(13)10-25-9-8-17(23-25)21-18(27)11-26-16-7-2-1-6-15(16)22-24-26/h1-9H,10-11H2,(H,21,23,27). The van der Waals surface area contributed by atoms with E-state index in [1.807, 2.05) is 24.3 Å². The van der Waals surface area contributed by atoms with Crippen LogP contribution in [0, 0.1) is 0 Å². The van der Waals surface area contributed by atoms with Crippen LogP contribution in [0.25, 0.3) is 11.0 Å². The Kier molecular flexibility index (Phi) is 4.79. The van der Waals surface area contributed by atoms with Gasteiger partial charge in [-0.25, -0.2) is 4.68 Å². The molecule has 0 aliphatic heterocycles. The molecule has 0 saturated carbocycles. The number of hydrogen-bond acceptors (Lipinski definition) is 4. The number of nitrogens with one attached hydrogen (secondary N) is 1. The zero-order valence-corrected chi connectivity index (χ0v) is 15.5. The number of hydrogen-bond donors (Lipinski definition) is 1. The van der Waals surface area contributed by atoms with E-state index in [-0.39, 0.29) is 12.5 Å². The zero-order chi connectivity index (χ0) is 18.8. The van der Waals surface area contributed by atoms with Gasteiger partial charge in [-0.3, -0.25) is 9.48 Å². The van der Waals surface area contributed by atoms with Crippen molar-refractivity contribution in [2.75, 3.05) is 5.32 Å². The molecule has 0 aliphatic rings. The molecule has 2 aromatic carbocycles. The number of halogens is 2. The fourth-order valence-corrected chi connectivity index (χ4v) is 3.23. The maximum absolute atomic E-state index is 12.3. The quantitative estimate of drug-likeness (QED) is 0.554. The molecule has 0 fully saturated rings. The summed E-state index contributed by atoms with van der Waals surface area (Å²) in [5.74, 6) is 0.194. The molecular formula is C18H14Cl2N6O. The second-order valence-corrected chi connectivity index (χ2v) is 6.70. The average Bonchev–Trinajstić information content (AvgIpc) is 3.26. The van der Waals surface area contributed by atoms with Gasteiger partial charge in [-0.15, -0.1) is 5.10 Å². The molecule has 1 amide bonds. The van der Waals surface area contributed by atoms with Gasteiger partial charge in [0.2, 0.25) is 5.91 Å². The SMILES string of the molecule is O=C(Cn1nnc2ccccc21)Nc1ccn(Cc2c(Cl)cccc2Cl)n1. The van der Waals surface area contributed by atoms with Crippen molar-refractivity contribution in [3.8, 4) is 0 Å². The van der Waals surface area contributed by atoms with E-state index in [4.69, 9.17) is 23.2 Å². The summed E-state index contributed by atoms with van der Waals surface area (Å²) in [5.41, 5.74) is 2.31. The highest BCUT2D eigenvalue weighted by molar-refractivity contribution is 6.35. The Labute approximate surface area is 164 Å². The van der Waals surface area contributed by atoms with Crippen LogP contribution >= 0.6 is 23.2 Å². The highest BCUT2D eigenvalue weighted by Gasteiger charge is 2.11. The number of aromatic nitrogens is 5. The van der Waals surface area contributed by atoms with E-state index in [2.05, 4.69) is 20.7 Å². The molecule has 1 N–H and O–H groups in total. The summed E-state index contributed by atoms with van der Waals surface area (Å²) in [5, 5.41) is 16.3. The molecule has 0 aliphatic carbocycles. The monoisotopic (exact) mass is 400 g/mol. The number of benzene rings is 2. The largest absolute Gasteiger partial charge is 0.308 e. The molecule has 27 heavy (non-hydrogen) atoms. The third-order valence-electron chi connectivity index (χ3n) is 4.00. The van der Waals surface area contributed by atoms with Crippen LogP contribution in [0.4, 0.5) is 5.82 Å². The van der Waals surface area contributed by atoms with Gasteiger partial charge in [-0.2, -0.15) is 5.10 Å².